The van der Waals surface area contributed by atoms with Gasteiger partial charge >= 0.3 is 0 Å². The molecule has 0 spiro atoms. The van der Waals surface area contributed by atoms with Gasteiger partial charge in [-0.3, -0.25) is 4.99 Å². The average Bonchev–Trinajstić information content (AvgIpc) is 2.61. The summed E-state index contributed by atoms with van der Waals surface area (Å²) in [6, 6.07) is 8.01. The first-order valence-corrected chi connectivity index (χ1v) is 8.61. The maximum absolute atomic E-state index is 10.5. The molecule has 6 nitrogen and oxygen atoms in total. The van der Waals surface area contributed by atoms with Crippen LogP contribution in [0.2, 0.25) is 0 Å². The maximum Gasteiger partial charge on any atom is 0.191 e. The molecular weight excluding hydrogens is 433 g/mol. The van der Waals surface area contributed by atoms with Crippen molar-refractivity contribution in [3.8, 4) is 5.75 Å². The highest BCUT2D eigenvalue weighted by molar-refractivity contribution is 14.0. The standard InChI is InChI=1S/C18H29N3O3.HI/c1-3-19-17(21-14-18(22)9-12-24-13-10-18)20-11-8-15-6-4-5-7-16(15)23-2;/h4-7,22H,3,8-14H2,1-2H3,(H2,19,20,21);1H. The van der Waals surface area contributed by atoms with Crippen LogP contribution in [0.15, 0.2) is 29.3 Å². The van der Waals surface area contributed by atoms with Crippen LogP contribution in [-0.2, 0) is 11.2 Å². The number of halogens is 1. The highest BCUT2D eigenvalue weighted by Crippen LogP contribution is 2.20. The van der Waals surface area contributed by atoms with Gasteiger partial charge in [-0.2, -0.15) is 0 Å². The van der Waals surface area contributed by atoms with Gasteiger partial charge in [0.05, 0.1) is 19.3 Å². The molecule has 1 aromatic carbocycles. The molecule has 0 saturated carbocycles. The Labute approximate surface area is 167 Å². The molecule has 1 aromatic rings. The predicted octanol–water partition coefficient (Wildman–Crippen LogP) is 1.95. The Balaban J connectivity index is 0.00000312. The van der Waals surface area contributed by atoms with E-state index in [4.69, 9.17) is 9.47 Å². The fraction of sp³-hybridized carbons (Fsp3) is 0.611. The quantitative estimate of drug-likeness (QED) is 0.328. The Kier molecular flexibility index (Phi) is 10.1. The molecule has 1 saturated heterocycles. The molecule has 0 aromatic heterocycles. The lowest BCUT2D eigenvalue weighted by Crippen LogP contribution is -2.43. The summed E-state index contributed by atoms with van der Waals surface area (Å²) in [7, 11) is 1.69. The number of aliphatic imine (C=N–C) groups is 1. The minimum atomic E-state index is -0.747. The molecule has 2 rings (SSSR count). The number of methoxy groups -OCH3 is 1. The van der Waals surface area contributed by atoms with Gasteiger partial charge in [0.1, 0.15) is 5.75 Å². The monoisotopic (exact) mass is 463 g/mol. The number of guanidine groups is 1. The second kappa shape index (κ2) is 11.5. The van der Waals surface area contributed by atoms with Gasteiger partial charge in [0.15, 0.2) is 5.96 Å². The highest BCUT2D eigenvalue weighted by atomic mass is 127. The molecule has 1 aliphatic heterocycles. The second-order valence-electron chi connectivity index (χ2n) is 6.02. The molecule has 1 heterocycles. The summed E-state index contributed by atoms with van der Waals surface area (Å²) in [4.78, 5) is 4.54. The average molecular weight is 463 g/mol. The predicted molar refractivity (Wildman–Crippen MR) is 111 cm³/mol. The van der Waals surface area contributed by atoms with Crippen molar-refractivity contribution >= 4 is 29.9 Å². The second-order valence-corrected chi connectivity index (χ2v) is 6.02. The molecule has 0 bridgehead atoms. The Morgan fingerprint density at radius 2 is 2.00 bits per heavy atom. The lowest BCUT2D eigenvalue weighted by Gasteiger charge is -2.30. The van der Waals surface area contributed by atoms with E-state index in [9.17, 15) is 5.11 Å². The van der Waals surface area contributed by atoms with Crippen molar-refractivity contribution in [2.45, 2.75) is 31.8 Å². The van der Waals surface area contributed by atoms with Crippen LogP contribution >= 0.6 is 24.0 Å². The fourth-order valence-electron chi connectivity index (χ4n) is 2.70. The molecule has 1 aliphatic rings. The molecule has 142 valence electrons. The lowest BCUT2D eigenvalue weighted by atomic mass is 9.95. The highest BCUT2D eigenvalue weighted by Gasteiger charge is 2.29. The number of rotatable bonds is 7. The number of hydrogen-bond donors (Lipinski definition) is 3. The Bertz CT molecular complexity index is 534. The molecule has 3 N–H and O–H groups in total. The molecule has 0 unspecified atom stereocenters. The fourth-order valence-corrected chi connectivity index (χ4v) is 2.70. The number of nitrogens with zero attached hydrogens (tertiary/aromatic N) is 1. The van der Waals surface area contributed by atoms with Crippen molar-refractivity contribution < 1.29 is 14.6 Å². The molecule has 7 heteroatoms. The third-order valence-electron chi connectivity index (χ3n) is 4.18. The third kappa shape index (κ3) is 7.37. The van der Waals surface area contributed by atoms with E-state index in [1.165, 1.54) is 0 Å². The SMILES string of the molecule is CCNC(=NCC1(O)CCOCC1)NCCc1ccccc1OC.I. The van der Waals surface area contributed by atoms with Crippen molar-refractivity contribution in [2.24, 2.45) is 4.99 Å². The minimum Gasteiger partial charge on any atom is -0.496 e. The van der Waals surface area contributed by atoms with Gasteiger partial charge in [-0.1, -0.05) is 18.2 Å². The van der Waals surface area contributed by atoms with E-state index in [1.807, 2.05) is 25.1 Å². The summed E-state index contributed by atoms with van der Waals surface area (Å²) < 4.78 is 10.7. The number of aliphatic hydroxyl groups is 1. The Morgan fingerprint density at radius 3 is 2.68 bits per heavy atom. The van der Waals surface area contributed by atoms with Gasteiger partial charge < -0.3 is 25.2 Å². The molecule has 0 aliphatic carbocycles. The van der Waals surface area contributed by atoms with Crippen LogP contribution < -0.4 is 15.4 Å². The first-order valence-electron chi connectivity index (χ1n) is 8.61. The van der Waals surface area contributed by atoms with E-state index in [0.717, 1.165) is 36.8 Å². The van der Waals surface area contributed by atoms with E-state index in [1.54, 1.807) is 7.11 Å². The van der Waals surface area contributed by atoms with Gasteiger partial charge in [-0.25, -0.2) is 0 Å². The molecular formula is C18H30IN3O3. The van der Waals surface area contributed by atoms with Crippen molar-refractivity contribution in [1.82, 2.24) is 10.6 Å². The van der Waals surface area contributed by atoms with E-state index < -0.39 is 5.60 Å². The summed E-state index contributed by atoms with van der Waals surface area (Å²) in [5, 5.41) is 17.0. The number of benzene rings is 1. The van der Waals surface area contributed by atoms with Crippen molar-refractivity contribution in [3.63, 3.8) is 0 Å². The van der Waals surface area contributed by atoms with Crippen LogP contribution in [0.5, 0.6) is 5.75 Å². The summed E-state index contributed by atoms with van der Waals surface area (Å²) in [5.41, 5.74) is 0.412. The molecule has 0 radical (unpaired) electrons. The van der Waals surface area contributed by atoms with Crippen LogP contribution in [0.3, 0.4) is 0 Å². The first-order chi connectivity index (χ1) is 11.7. The molecule has 1 fully saturated rings. The van der Waals surface area contributed by atoms with Crippen molar-refractivity contribution in [2.75, 3.05) is 40.0 Å². The first kappa shape index (κ1) is 22.0. The lowest BCUT2D eigenvalue weighted by molar-refractivity contribution is -0.0565. The van der Waals surface area contributed by atoms with E-state index >= 15 is 0 Å². The van der Waals surface area contributed by atoms with Crippen LogP contribution in [0, 0.1) is 0 Å². The van der Waals surface area contributed by atoms with Crippen LogP contribution in [-0.4, -0.2) is 56.6 Å². The largest absolute Gasteiger partial charge is 0.496 e. The number of hydrogen-bond acceptors (Lipinski definition) is 4. The van der Waals surface area contributed by atoms with Crippen LogP contribution in [0.1, 0.15) is 25.3 Å². The van der Waals surface area contributed by atoms with Gasteiger partial charge in [0.2, 0.25) is 0 Å². The zero-order valence-electron chi connectivity index (χ0n) is 15.1. The van der Waals surface area contributed by atoms with Gasteiger partial charge in [-0.05, 0) is 25.0 Å². The normalized spacial score (nSPS) is 16.7. The summed E-state index contributed by atoms with van der Waals surface area (Å²) in [6.07, 6.45) is 2.11. The number of para-hydroxylation sites is 1. The van der Waals surface area contributed by atoms with Crippen LogP contribution in [0.25, 0.3) is 0 Å². The smallest absolute Gasteiger partial charge is 0.191 e. The third-order valence-corrected chi connectivity index (χ3v) is 4.18. The Morgan fingerprint density at radius 1 is 1.28 bits per heavy atom. The Hall–Kier alpha value is -1.06. The van der Waals surface area contributed by atoms with Gasteiger partial charge in [-0.15, -0.1) is 24.0 Å². The van der Waals surface area contributed by atoms with E-state index in [2.05, 4.69) is 21.7 Å². The number of nitrogens with one attached hydrogen (secondary N) is 2. The van der Waals surface area contributed by atoms with E-state index in [0.29, 0.717) is 32.6 Å². The summed E-state index contributed by atoms with van der Waals surface area (Å²) >= 11 is 0. The van der Waals surface area contributed by atoms with Crippen molar-refractivity contribution in [3.05, 3.63) is 29.8 Å². The topological polar surface area (TPSA) is 75.1 Å². The van der Waals surface area contributed by atoms with E-state index in [-0.39, 0.29) is 24.0 Å². The number of ether oxygens (including phenoxy) is 2. The zero-order valence-corrected chi connectivity index (χ0v) is 17.4. The molecule has 0 amide bonds. The minimum absolute atomic E-state index is 0. The maximum atomic E-state index is 10.5. The molecule has 0 atom stereocenters. The van der Waals surface area contributed by atoms with Crippen LogP contribution in [0.4, 0.5) is 0 Å². The summed E-state index contributed by atoms with van der Waals surface area (Å²) in [6.45, 7) is 5.14. The van der Waals surface area contributed by atoms with Gasteiger partial charge in [0.25, 0.3) is 0 Å². The molecule has 25 heavy (non-hydrogen) atoms. The zero-order chi connectivity index (χ0) is 17.3. The van der Waals surface area contributed by atoms with Gasteiger partial charge in [0, 0.05) is 39.1 Å². The van der Waals surface area contributed by atoms with Crippen molar-refractivity contribution in [1.29, 1.82) is 0 Å². The summed E-state index contributed by atoms with van der Waals surface area (Å²) in [5.74, 6) is 1.63.